The molecule has 2 heterocycles. The molecule has 0 fully saturated rings. The third kappa shape index (κ3) is 3.41. The maximum absolute atomic E-state index is 12.1. The molecule has 1 aromatic carbocycles. The number of nitrogens with zero attached hydrogens (tertiary/aromatic N) is 2. The Kier molecular flexibility index (Phi) is 3.87. The van der Waals surface area contributed by atoms with Crippen LogP contribution < -0.4 is 5.32 Å². The number of amides is 1. The summed E-state index contributed by atoms with van der Waals surface area (Å²) in [7, 11) is 0. The number of nitrogens with one attached hydrogen (secondary N) is 2. The van der Waals surface area contributed by atoms with E-state index in [1.807, 2.05) is 35.0 Å². The van der Waals surface area contributed by atoms with E-state index in [1.54, 1.807) is 24.8 Å². The van der Waals surface area contributed by atoms with Crippen molar-refractivity contribution in [1.29, 1.82) is 0 Å². The van der Waals surface area contributed by atoms with Crippen molar-refractivity contribution in [2.75, 3.05) is 5.32 Å². The first-order chi connectivity index (χ1) is 10.2. The average Bonchev–Trinajstić information content (AvgIpc) is 3.11. The van der Waals surface area contributed by atoms with Gasteiger partial charge in [-0.1, -0.05) is 12.1 Å². The van der Waals surface area contributed by atoms with Gasteiger partial charge in [0.1, 0.15) is 5.69 Å². The van der Waals surface area contributed by atoms with E-state index in [9.17, 15) is 4.79 Å². The van der Waals surface area contributed by atoms with Gasteiger partial charge in [-0.2, -0.15) is 0 Å². The number of halogens is 1. The molecule has 0 radical (unpaired) electrons. The fourth-order valence-electron chi connectivity index (χ4n) is 2.04. The Balaban J connectivity index is 1.72. The number of hydrogen-bond acceptors (Lipinski definition) is 2. The van der Waals surface area contributed by atoms with Crippen molar-refractivity contribution in [3.63, 3.8) is 0 Å². The quantitative estimate of drug-likeness (QED) is 0.762. The number of carbonyl (C=O) groups excluding carboxylic acids is 1. The fraction of sp³-hybridized carbons (Fsp3) is 0.0667. The summed E-state index contributed by atoms with van der Waals surface area (Å²) >= 11 is 3.31. The molecule has 3 aromatic rings. The molecule has 0 saturated heterocycles. The van der Waals surface area contributed by atoms with Crippen molar-refractivity contribution >= 4 is 27.5 Å². The summed E-state index contributed by atoms with van der Waals surface area (Å²) in [5.74, 6) is -0.166. The van der Waals surface area contributed by atoms with Crippen molar-refractivity contribution in [2.45, 2.75) is 6.54 Å². The Morgan fingerprint density at radius 2 is 2.29 bits per heavy atom. The topological polar surface area (TPSA) is 62.7 Å². The molecule has 0 aliphatic rings. The van der Waals surface area contributed by atoms with Crippen LogP contribution in [0.1, 0.15) is 16.1 Å². The number of anilines is 1. The van der Waals surface area contributed by atoms with Crippen LogP contribution in [0.4, 0.5) is 5.69 Å². The lowest BCUT2D eigenvalue weighted by Gasteiger charge is -2.07. The lowest BCUT2D eigenvalue weighted by Crippen LogP contribution is -2.12. The number of hydrogen-bond donors (Lipinski definition) is 2. The van der Waals surface area contributed by atoms with Gasteiger partial charge >= 0.3 is 0 Å². The van der Waals surface area contributed by atoms with E-state index in [0.29, 0.717) is 5.69 Å². The Labute approximate surface area is 130 Å². The van der Waals surface area contributed by atoms with Crippen molar-refractivity contribution in [3.05, 3.63) is 71.0 Å². The molecule has 0 aliphatic heterocycles. The highest BCUT2D eigenvalue weighted by Crippen LogP contribution is 2.15. The van der Waals surface area contributed by atoms with Crippen LogP contribution in [0.3, 0.4) is 0 Å². The van der Waals surface area contributed by atoms with Gasteiger partial charge in [-0.3, -0.25) is 4.79 Å². The van der Waals surface area contributed by atoms with Crippen molar-refractivity contribution in [3.8, 4) is 0 Å². The van der Waals surface area contributed by atoms with E-state index < -0.39 is 0 Å². The normalized spacial score (nSPS) is 10.5. The molecule has 2 aromatic heterocycles. The van der Waals surface area contributed by atoms with Crippen molar-refractivity contribution in [2.24, 2.45) is 0 Å². The smallest absolute Gasteiger partial charge is 0.272 e. The molecule has 3 rings (SSSR count). The molecule has 1 amide bonds. The summed E-state index contributed by atoms with van der Waals surface area (Å²) in [5, 5.41) is 2.88. The maximum Gasteiger partial charge on any atom is 0.272 e. The predicted octanol–water partition coefficient (Wildman–Crippen LogP) is 3.27. The van der Waals surface area contributed by atoms with E-state index in [4.69, 9.17) is 0 Å². The van der Waals surface area contributed by atoms with Crippen LogP contribution in [0.25, 0.3) is 0 Å². The van der Waals surface area contributed by atoms with E-state index in [1.165, 1.54) is 0 Å². The lowest BCUT2D eigenvalue weighted by atomic mass is 10.2. The number of rotatable bonds is 4. The minimum atomic E-state index is -0.166. The first-order valence-corrected chi connectivity index (χ1v) is 7.20. The van der Waals surface area contributed by atoms with Crippen molar-refractivity contribution < 1.29 is 4.79 Å². The predicted molar refractivity (Wildman–Crippen MR) is 84.2 cm³/mol. The molecule has 106 valence electrons. The molecule has 5 nitrogen and oxygen atoms in total. The molecule has 2 N–H and O–H groups in total. The number of imidazole rings is 1. The minimum Gasteiger partial charge on any atom is -0.356 e. The Morgan fingerprint density at radius 1 is 1.38 bits per heavy atom. The second-order valence-corrected chi connectivity index (χ2v) is 5.54. The first-order valence-electron chi connectivity index (χ1n) is 6.41. The second kappa shape index (κ2) is 5.97. The third-order valence-electron chi connectivity index (χ3n) is 3.00. The van der Waals surface area contributed by atoms with Crippen LogP contribution in [0, 0.1) is 0 Å². The van der Waals surface area contributed by atoms with E-state index in [-0.39, 0.29) is 5.91 Å². The van der Waals surface area contributed by atoms with Crippen LogP contribution in [0.15, 0.2) is 59.7 Å². The van der Waals surface area contributed by atoms with E-state index >= 15 is 0 Å². The molecular formula is C15H13BrN4O. The highest BCUT2D eigenvalue weighted by molar-refractivity contribution is 9.10. The summed E-state index contributed by atoms with van der Waals surface area (Å²) in [6, 6.07) is 9.50. The number of aromatic amines is 1. The van der Waals surface area contributed by atoms with E-state index in [2.05, 4.69) is 31.2 Å². The van der Waals surface area contributed by atoms with Gasteiger partial charge in [-0.05, 0) is 39.7 Å². The third-order valence-corrected chi connectivity index (χ3v) is 3.46. The SMILES string of the molecule is O=C(Nc1cccc(Cn2ccnc2)c1)c1cc(Br)c[nH]1. The molecule has 0 saturated carbocycles. The van der Waals surface area contributed by atoms with Gasteiger partial charge in [0.25, 0.3) is 5.91 Å². The molecule has 21 heavy (non-hydrogen) atoms. The van der Waals surface area contributed by atoms with Gasteiger partial charge in [0, 0.05) is 35.3 Å². The molecule has 0 aliphatic carbocycles. The highest BCUT2D eigenvalue weighted by atomic mass is 79.9. The standard InChI is InChI=1S/C15H13BrN4O/c16-12-7-14(18-8-12)15(21)19-13-3-1-2-11(6-13)9-20-5-4-17-10-20/h1-8,10,18H,9H2,(H,19,21). The zero-order valence-corrected chi connectivity index (χ0v) is 12.7. The van der Waals surface area contributed by atoms with Crippen LogP contribution in [0.5, 0.6) is 0 Å². The average molecular weight is 345 g/mol. The zero-order chi connectivity index (χ0) is 14.7. The van der Waals surface area contributed by atoms with Crippen molar-refractivity contribution in [1.82, 2.24) is 14.5 Å². The molecule has 0 spiro atoms. The van der Waals surface area contributed by atoms with Gasteiger partial charge < -0.3 is 14.9 Å². The Hall–Kier alpha value is -2.34. The summed E-state index contributed by atoms with van der Waals surface area (Å²) in [6.07, 6.45) is 7.14. The van der Waals surface area contributed by atoms with Crippen LogP contribution in [-0.2, 0) is 6.54 Å². The lowest BCUT2D eigenvalue weighted by molar-refractivity contribution is 0.102. The van der Waals surface area contributed by atoms with E-state index in [0.717, 1.165) is 22.3 Å². The highest BCUT2D eigenvalue weighted by Gasteiger charge is 2.08. The summed E-state index contributed by atoms with van der Waals surface area (Å²) in [6.45, 7) is 0.720. The Morgan fingerprint density at radius 3 is 3.00 bits per heavy atom. The Bertz CT molecular complexity index is 749. The fourth-order valence-corrected chi connectivity index (χ4v) is 2.38. The minimum absolute atomic E-state index is 0.166. The summed E-state index contributed by atoms with van der Waals surface area (Å²) in [5.41, 5.74) is 2.38. The summed E-state index contributed by atoms with van der Waals surface area (Å²) in [4.78, 5) is 19.0. The van der Waals surface area contributed by atoms with Gasteiger partial charge in [0.05, 0.1) is 6.33 Å². The molecule has 0 unspecified atom stereocenters. The van der Waals surface area contributed by atoms with Gasteiger partial charge in [-0.15, -0.1) is 0 Å². The molecular weight excluding hydrogens is 332 g/mol. The number of carbonyl (C=O) groups is 1. The number of benzene rings is 1. The van der Waals surface area contributed by atoms with Gasteiger partial charge in [-0.25, -0.2) is 4.98 Å². The monoisotopic (exact) mass is 344 g/mol. The molecule has 0 atom stereocenters. The zero-order valence-electron chi connectivity index (χ0n) is 11.1. The first kappa shape index (κ1) is 13.6. The van der Waals surface area contributed by atoms with Crippen LogP contribution >= 0.6 is 15.9 Å². The number of H-pyrrole nitrogens is 1. The van der Waals surface area contributed by atoms with Gasteiger partial charge in [0.15, 0.2) is 0 Å². The van der Waals surface area contributed by atoms with Crippen LogP contribution in [0.2, 0.25) is 0 Å². The van der Waals surface area contributed by atoms with Crippen LogP contribution in [-0.4, -0.2) is 20.4 Å². The maximum atomic E-state index is 12.1. The largest absolute Gasteiger partial charge is 0.356 e. The second-order valence-electron chi connectivity index (χ2n) is 4.62. The summed E-state index contributed by atoms with van der Waals surface area (Å²) < 4.78 is 2.82. The van der Waals surface area contributed by atoms with Gasteiger partial charge in [0.2, 0.25) is 0 Å². The molecule has 6 heteroatoms. The molecule has 0 bridgehead atoms. The number of aromatic nitrogens is 3.